The Morgan fingerprint density at radius 2 is 2.05 bits per heavy atom. The summed E-state index contributed by atoms with van der Waals surface area (Å²) in [7, 11) is 0. The number of primary amides is 1. The van der Waals surface area contributed by atoms with E-state index in [0.717, 1.165) is 0 Å². The summed E-state index contributed by atoms with van der Waals surface area (Å²) in [5.74, 6) is -1.32. The lowest BCUT2D eigenvalue weighted by Crippen LogP contribution is -2.39. The van der Waals surface area contributed by atoms with Crippen molar-refractivity contribution in [2.24, 2.45) is 11.5 Å². The minimum Gasteiger partial charge on any atom is -0.370 e. The number of nitrogens with two attached hydrogens (primary N) is 2. The second-order valence-corrected chi connectivity index (χ2v) is 4.02. The van der Waals surface area contributed by atoms with Gasteiger partial charge in [-0.1, -0.05) is 6.07 Å². The fraction of sp³-hybridized carbons (Fsp3) is 0.273. The minimum absolute atomic E-state index is 0. The van der Waals surface area contributed by atoms with Gasteiger partial charge in [0.2, 0.25) is 11.8 Å². The van der Waals surface area contributed by atoms with Crippen LogP contribution in [0.25, 0.3) is 0 Å². The zero-order chi connectivity index (χ0) is 14.6. The molecule has 0 saturated carbocycles. The summed E-state index contributed by atoms with van der Waals surface area (Å²) < 4.78 is 0. The minimum atomic E-state index is -1.09. The number of amides is 2. The number of anilines is 1. The Morgan fingerprint density at radius 1 is 1.45 bits per heavy atom. The quantitative estimate of drug-likeness (QED) is 0.535. The molecule has 0 aromatic heterocycles. The summed E-state index contributed by atoms with van der Waals surface area (Å²) in [4.78, 5) is 32.4. The maximum absolute atomic E-state index is 11.6. The van der Waals surface area contributed by atoms with Gasteiger partial charge in [-0.15, -0.1) is 12.4 Å². The van der Waals surface area contributed by atoms with E-state index in [2.05, 4.69) is 5.32 Å². The number of halogens is 1. The number of nitro benzene ring substituents is 1. The molecule has 0 radical (unpaired) electrons. The number of nitrogens with zero attached hydrogens (tertiary/aromatic N) is 1. The standard InChI is InChI=1S/C11H14N4O4.ClH/c1-6-2-3-7(4-9(6)15(18)19)14-11(17)8(12)5-10(13)16;/h2-4,8H,5,12H2,1H3,(H2,13,16)(H,14,17);1H. The third-order valence-electron chi connectivity index (χ3n) is 2.43. The van der Waals surface area contributed by atoms with E-state index in [1.807, 2.05) is 0 Å². The molecule has 1 aromatic carbocycles. The number of hydrogen-bond donors (Lipinski definition) is 3. The van der Waals surface area contributed by atoms with Crippen LogP contribution in [0.4, 0.5) is 11.4 Å². The molecule has 110 valence electrons. The van der Waals surface area contributed by atoms with Crippen LogP contribution in [0.2, 0.25) is 0 Å². The van der Waals surface area contributed by atoms with Crippen molar-refractivity contribution in [1.29, 1.82) is 0 Å². The highest BCUT2D eigenvalue weighted by molar-refractivity contribution is 5.97. The van der Waals surface area contributed by atoms with E-state index in [1.54, 1.807) is 6.92 Å². The van der Waals surface area contributed by atoms with Crippen molar-refractivity contribution in [3.63, 3.8) is 0 Å². The first kappa shape index (κ1) is 17.8. The zero-order valence-corrected chi connectivity index (χ0v) is 11.5. The third-order valence-corrected chi connectivity index (χ3v) is 2.43. The number of hydrogen-bond acceptors (Lipinski definition) is 5. The number of aryl methyl sites for hydroxylation is 1. The van der Waals surface area contributed by atoms with Crippen LogP contribution in [-0.2, 0) is 9.59 Å². The summed E-state index contributed by atoms with van der Waals surface area (Å²) in [6.07, 6.45) is -0.292. The molecule has 5 N–H and O–H groups in total. The van der Waals surface area contributed by atoms with E-state index in [0.29, 0.717) is 5.56 Å². The van der Waals surface area contributed by atoms with Crippen molar-refractivity contribution in [2.45, 2.75) is 19.4 Å². The second kappa shape index (κ2) is 7.41. The molecular weight excluding hydrogens is 288 g/mol. The number of nitrogens with one attached hydrogen (secondary N) is 1. The number of carbonyl (C=O) groups excluding carboxylic acids is 2. The van der Waals surface area contributed by atoms with E-state index in [-0.39, 0.29) is 30.2 Å². The third kappa shape index (κ3) is 4.82. The first-order valence-corrected chi connectivity index (χ1v) is 5.41. The van der Waals surface area contributed by atoms with Gasteiger partial charge in [0.25, 0.3) is 5.69 Å². The molecule has 0 bridgehead atoms. The van der Waals surface area contributed by atoms with Crippen LogP contribution in [0.15, 0.2) is 18.2 Å². The average Bonchev–Trinajstić information content (AvgIpc) is 2.30. The highest BCUT2D eigenvalue weighted by Gasteiger charge is 2.17. The lowest BCUT2D eigenvalue weighted by atomic mass is 10.1. The Labute approximate surface area is 121 Å². The molecule has 1 rings (SSSR count). The van der Waals surface area contributed by atoms with Gasteiger partial charge in [0.15, 0.2) is 0 Å². The average molecular weight is 303 g/mol. The van der Waals surface area contributed by atoms with E-state index in [4.69, 9.17) is 11.5 Å². The molecule has 0 spiro atoms. The summed E-state index contributed by atoms with van der Waals surface area (Å²) in [6, 6.07) is 3.16. The van der Waals surface area contributed by atoms with Crippen molar-refractivity contribution in [2.75, 3.05) is 5.32 Å². The summed E-state index contributed by atoms with van der Waals surface area (Å²) in [5, 5.41) is 13.1. The van der Waals surface area contributed by atoms with Gasteiger partial charge < -0.3 is 16.8 Å². The Bertz CT molecular complexity index is 535. The largest absolute Gasteiger partial charge is 0.370 e. The van der Waals surface area contributed by atoms with Crippen molar-refractivity contribution in [3.05, 3.63) is 33.9 Å². The number of benzene rings is 1. The normalized spacial score (nSPS) is 11.1. The van der Waals surface area contributed by atoms with Crippen molar-refractivity contribution in [1.82, 2.24) is 0 Å². The predicted octanol–water partition coefficient (Wildman–Crippen LogP) is 0.466. The molecule has 0 heterocycles. The first-order chi connectivity index (χ1) is 8.81. The van der Waals surface area contributed by atoms with Crippen LogP contribution in [0, 0.1) is 17.0 Å². The van der Waals surface area contributed by atoms with Crippen LogP contribution < -0.4 is 16.8 Å². The van der Waals surface area contributed by atoms with Crippen LogP contribution >= 0.6 is 12.4 Å². The molecular formula is C11H15ClN4O4. The van der Waals surface area contributed by atoms with E-state index < -0.39 is 22.8 Å². The monoisotopic (exact) mass is 302 g/mol. The summed E-state index contributed by atoms with van der Waals surface area (Å²) in [6.45, 7) is 1.59. The summed E-state index contributed by atoms with van der Waals surface area (Å²) in [5.41, 5.74) is 11.0. The maximum atomic E-state index is 11.6. The van der Waals surface area contributed by atoms with Gasteiger partial charge >= 0.3 is 0 Å². The molecule has 0 aliphatic rings. The van der Waals surface area contributed by atoms with E-state index in [9.17, 15) is 19.7 Å². The highest BCUT2D eigenvalue weighted by atomic mass is 35.5. The molecule has 20 heavy (non-hydrogen) atoms. The number of nitro groups is 1. The molecule has 0 aliphatic heterocycles. The van der Waals surface area contributed by atoms with Gasteiger partial charge in [0, 0.05) is 17.3 Å². The Balaban J connectivity index is 0.00000361. The molecule has 8 nitrogen and oxygen atoms in total. The molecule has 1 unspecified atom stereocenters. The molecule has 1 atom stereocenters. The summed E-state index contributed by atoms with van der Waals surface area (Å²) >= 11 is 0. The topological polar surface area (TPSA) is 141 Å². The molecule has 0 aliphatic carbocycles. The second-order valence-electron chi connectivity index (χ2n) is 4.02. The Hall–Kier alpha value is -2.19. The molecule has 0 fully saturated rings. The van der Waals surface area contributed by atoms with Gasteiger partial charge in [-0.3, -0.25) is 19.7 Å². The molecule has 1 aromatic rings. The van der Waals surface area contributed by atoms with Gasteiger partial charge in [0.05, 0.1) is 17.4 Å². The van der Waals surface area contributed by atoms with Crippen LogP contribution in [0.3, 0.4) is 0 Å². The van der Waals surface area contributed by atoms with Crippen LogP contribution in [0.1, 0.15) is 12.0 Å². The molecule has 2 amide bonds. The first-order valence-electron chi connectivity index (χ1n) is 5.41. The lowest BCUT2D eigenvalue weighted by Gasteiger charge is -2.10. The SMILES string of the molecule is Cc1ccc(NC(=O)C(N)CC(N)=O)cc1[N+](=O)[O-].Cl. The Kier molecular flexibility index (Phi) is 6.60. The lowest BCUT2D eigenvalue weighted by molar-refractivity contribution is -0.385. The highest BCUT2D eigenvalue weighted by Crippen LogP contribution is 2.22. The maximum Gasteiger partial charge on any atom is 0.274 e. The fourth-order valence-corrected chi connectivity index (χ4v) is 1.43. The van der Waals surface area contributed by atoms with Crippen molar-refractivity contribution < 1.29 is 14.5 Å². The molecule has 0 saturated heterocycles. The van der Waals surface area contributed by atoms with Crippen molar-refractivity contribution in [3.8, 4) is 0 Å². The van der Waals surface area contributed by atoms with Crippen LogP contribution in [-0.4, -0.2) is 22.8 Å². The van der Waals surface area contributed by atoms with E-state index in [1.165, 1.54) is 18.2 Å². The van der Waals surface area contributed by atoms with Gasteiger partial charge in [-0.05, 0) is 13.0 Å². The number of carbonyl (C=O) groups is 2. The van der Waals surface area contributed by atoms with Crippen LogP contribution in [0.5, 0.6) is 0 Å². The fourth-order valence-electron chi connectivity index (χ4n) is 1.43. The smallest absolute Gasteiger partial charge is 0.274 e. The van der Waals surface area contributed by atoms with Gasteiger partial charge in [0.1, 0.15) is 0 Å². The zero-order valence-electron chi connectivity index (χ0n) is 10.7. The predicted molar refractivity (Wildman–Crippen MR) is 75.5 cm³/mol. The number of rotatable bonds is 5. The Morgan fingerprint density at radius 3 is 2.55 bits per heavy atom. The van der Waals surface area contributed by atoms with Gasteiger partial charge in [-0.25, -0.2) is 0 Å². The van der Waals surface area contributed by atoms with E-state index >= 15 is 0 Å². The van der Waals surface area contributed by atoms with Gasteiger partial charge in [-0.2, -0.15) is 0 Å². The molecule has 9 heteroatoms. The van der Waals surface area contributed by atoms with Crippen molar-refractivity contribution >= 4 is 35.6 Å².